The lowest BCUT2D eigenvalue weighted by molar-refractivity contribution is -0.131. The van der Waals surface area contributed by atoms with Crippen LogP contribution in [0.15, 0.2) is 47.6 Å². The highest BCUT2D eigenvalue weighted by Crippen LogP contribution is 2.25. The van der Waals surface area contributed by atoms with Gasteiger partial charge in [0.05, 0.1) is 11.8 Å². The van der Waals surface area contributed by atoms with Crippen LogP contribution in [0.2, 0.25) is 0 Å². The third kappa shape index (κ3) is 5.12. The molecule has 1 aliphatic rings. The summed E-state index contributed by atoms with van der Waals surface area (Å²) >= 11 is 1.39. The van der Waals surface area contributed by atoms with Crippen molar-refractivity contribution >= 4 is 40.0 Å². The number of aromatic nitrogens is 3. The van der Waals surface area contributed by atoms with Crippen molar-refractivity contribution < 1.29 is 9.59 Å². The van der Waals surface area contributed by atoms with Crippen LogP contribution < -0.4 is 5.32 Å². The van der Waals surface area contributed by atoms with Crippen molar-refractivity contribution in [3.05, 3.63) is 48.3 Å². The second-order valence-electron chi connectivity index (χ2n) is 8.08. The van der Waals surface area contributed by atoms with E-state index in [1.165, 1.54) is 11.8 Å². The van der Waals surface area contributed by atoms with Crippen LogP contribution in [-0.4, -0.2) is 43.3 Å². The van der Waals surface area contributed by atoms with Crippen molar-refractivity contribution in [2.75, 3.05) is 11.9 Å². The van der Waals surface area contributed by atoms with Crippen LogP contribution in [0.25, 0.3) is 10.8 Å². The number of amides is 2. The summed E-state index contributed by atoms with van der Waals surface area (Å²) in [6, 6.07) is 14.0. The van der Waals surface area contributed by atoms with Gasteiger partial charge >= 0.3 is 0 Å². The van der Waals surface area contributed by atoms with E-state index in [4.69, 9.17) is 0 Å². The second-order valence-corrected chi connectivity index (χ2v) is 9.39. The van der Waals surface area contributed by atoms with Crippen LogP contribution in [0.5, 0.6) is 0 Å². The van der Waals surface area contributed by atoms with Crippen molar-refractivity contribution in [1.82, 2.24) is 19.7 Å². The molecule has 4 rings (SSSR count). The summed E-state index contributed by atoms with van der Waals surface area (Å²) in [4.78, 5) is 27.1. The number of benzene rings is 2. The Balaban J connectivity index is 1.42. The smallest absolute Gasteiger partial charge is 0.237 e. The third-order valence-electron chi connectivity index (χ3n) is 5.78. The maximum atomic E-state index is 12.8. The predicted octanol–water partition coefficient (Wildman–Crippen LogP) is 4.47. The van der Waals surface area contributed by atoms with Gasteiger partial charge in [-0.3, -0.25) is 9.59 Å². The fourth-order valence-corrected chi connectivity index (χ4v) is 4.87. The zero-order chi connectivity index (χ0) is 22.5. The molecule has 7 nitrogen and oxygen atoms in total. The molecule has 0 aliphatic carbocycles. The van der Waals surface area contributed by atoms with Crippen molar-refractivity contribution in [3.8, 4) is 0 Å². The van der Waals surface area contributed by atoms with Gasteiger partial charge in [-0.1, -0.05) is 48.5 Å². The number of nitrogens with zero attached hydrogens (tertiary/aromatic N) is 4. The van der Waals surface area contributed by atoms with Crippen LogP contribution >= 0.6 is 11.8 Å². The van der Waals surface area contributed by atoms with E-state index in [0.29, 0.717) is 24.7 Å². The number of nitrogens with one attached hydrogen (secondary N) is 1. The molecule has 32 heavy (non-hydrogen) atoms. The summed E-state index contributed by atoms with van der Waals surface area (Å²) < 4.78 is 2.00. The standard InChI is InChI=1S/C24H29N5O2S/c1-3-29-21(16-28-14-8-4-5-11-22(28)30)26-27-24(29)32-17(2)23(31)25-20-13-12-18-9-6-7-10-19(18)15-20/h6-7,9-10,12-13,15,17H,3-5,8,11,14,16H2,1-2H3,(H,25,31). The molecule has 1 aliphatic heterocycles. The maximum Gasteiger partial charge on any atom is 0.237 e. The van der Waals surface area contributed by atoms with E-state index in [-0.39, 0.29) is 17.1 Å². The average molecular weight is 452 g/mol. The number of rotatable bonds is 7. The summed E-state index contributed by atoms with van der Waals surface area (Å²) in [5.41, 5.74) is 0.776. The summed E-state index contributed by atoms with van der Waals surface area (Å²) in [6.07, 6.45) is 3.68. The first-order chi connectivity index (χ1) is 15.5. The van der Waals surface area contributed by atoms with Gasteiger partial charge in [-0.15, -0.1) is 10.2 Å². The number of thioether (sulfide) groups is 1. The lowest BCUT2D eigenvalue weighted by Crippen LogP contribution is -2.31. The van der Waals surface area contributed by atoms with Crippen molar-refractivity contribution in [2.24, 2.45) is 0 Å². The lowest BCUT2D eigenvalue weighted by atomic mass is 10.1. The SMILES string of the molecule is CCn1c(CN2CCCCCC2=O)nnc1SC(C)C(=O)Nc1ccc2ccccc2c1. The van der Waals surface area contributed by atoms with Gasteiger partial charge in [-0.25, -0.2) is 0 Å². The number of carbonyl (C=O) groups excluding carboxylic acids is 2. The Morgan fingerprint density at radius 1 is 1.12 bits per heavy atom. The zero-order valence-electron chi connectivity index (χ0n) is 18.6. The van der Waals surface area contributed by atoms with Crippen LogP contribution in [0.4, 0.5) is 5.69 Å². The molecule has 1 fully saturated rings. The molecule has 0 bridgehead atoms. The van der Waals surface area contributed by atoms with E-state index < -0.39 is 0 Å². The Hall–Kier alpha value is -2.87. The Labute approximate surface area is 192 Å². The Morgan fingerprint density at radius 3 is 2.75 bits per heavy atom. The summed E-state index contributed by atoms with van der Waals surface area (Å²) in [5, 5.41) is 14.3. The maximum absolute atomic E-state index is 12.8. The van der Waals surface area contributed by atoms with Gasteiger partial charge in [0, 0.05) is 25.2 Å². The van der Waals surface area contributed by atoms with Crippen LogP contribution in [0.1, 0.15) is 45.4 Å². The van der Waals surface area contributed by atoms with E-state index >= 15 is 0 Å². The zero-order valence-corrected chi connectivity index (χ0v) is 19.4. The molecular weight excluding hydrogens is 422 g/mol. The highest BCUT2D eigenvalue weighted by atomic mass is 32.2. The van der Waals surface area contributed by atoms with Gasteiger partial charge in [-0.2, -0.15) is 0 Å². The quantitative estimate of drug-likeness (QED) is 0.536. The number of fused-ring (bicyclic) bond motifs is 1. The van der Waals surface area contributed by atoms with Crippen molar-refractivity contribution in [2.45, 2.75) is 63.0 Å². The van der Waals surface area contributed by atoms with Gasteiger partial charge in [0.25, 0.3) is 0 Å². The van der Waals surface area contributed by atoms with E-state index in [9.17, 15) is 9.59 Å². The van der Waals surface area contributed by atoms with Crippen LogP contribution in [0.3, 0.4) is 0 Å². The van der Waals surface area contributed by atoms with Crippen LogP contribution in [0, 0.1) is 0 Å². The minimum atomic E-state index is -0.344. The molecule has 0 spiro atoms. The van der Waals surface area contributed by atoms with E-state index in [1.54, 1.807) is 0 Å². The molecule has 2 heterocycles. The molecule has 3 aromatic rings. The van der Waals surface area contributed by atoms with Crippen molar-refractivity contribution in [3.63, 3.8) is 0 Å². The first-order valence-electron chi connectivity index (χ1n) is 11.2. The topological polar surface area (TPSA) is 80.1 Å². The Bertz CT molecular complexity index is 1110. The highest BCUT2D eigenvalue weighted by Gasteiger charge is 2.23. The number of hydrogen-bond donors (Lipinski definition) is 1. The van der Waals surface area contributed by atoms with Gasteiger partial charge in [0.15, 0.2) is 11.0 Å². The second kappa shape index (κ2) is 10.2. The molecule has 0 radical (unpaired) electrons. The summed E-state index contributed by atoms with van der Waals surface area (Å²) in [6.45, 7) is 5.82. The molecule has 2 amide bonds. The molecule has 2 aromatic carbocycles. The third-order valence-corrected chi connectivity index (χ3v) is 6.86. The molecule has 168 valence electrons. The lowest BCUT2D eigenvalue weighted by Gasteiger charge is -2.20. The van der Waals surface area contributed by atoms with E-state index in [0.717, 1.165) is 48.1 Å². The molecule has 1 aromatic heterocycles. The van der Waals surface area contributed by atoms with Gasteiger partial charge in [0.1, 0.15) is 0 Å². The Kier molecular flexibility index (Phi) is 7.09. The largest absolute Gasteiger partial charge is 0.335 e. The molecule has 0 saturated carbocycles. The number of anilines is 1. The van der Waals surface area contributed by atoms with E-state index in [1.807, 2.05) is 65.8 Å². The summed E-state index contributed by atoms with van der Waals surface area (Å²) in [7, 11) is 0. The number of likely N-dealkylation sites (tertiary alicyclic amines) is 1. The normalized spacial score (nSPS) is 15.6. The van der Waals surface area contributed by atoms with Gasteiger partial charge < -0.3 is 14.8 Å². The van der Waals surface area contributed by atoms with Crippen LogP contribution in [-0.2, 0) is 22.7 Å². The molecule has 1 unspecified atom stereocenters. The minimum Gasteiger partial charge on any atom is -0.335 e. The average Bonchev–Trinajstić information content (AvgIpc) is 3.06. The number of hydrogen-bond acceptors (Lipinski definition) is 5. The van der Waals surface area contributed by atoms with Gasteiger partial charge in [0.2, 0.25) is 11.8 Å². The number of carbonyl (C=O) groups is 2. The van der Waals surface area contributed by atoms with Crippen molar-refractivity contribution in [1.29, 1.82) is 0 Å². The monoisotopic (exact) mass is 451 g/mol. The molecule has 1 saturated heterocycles. The fraction of sp³-hybridized carbons (Fsp3) is 0.417. The fourth-order valence-electron chi connectivity index (χ4n) is 3.94. The predicted molar refractivity (Wildman–Crippen MR) is 127 cm³/mol. The first-order valence-corrected chi connectivity index (χ1v) is 12.1. The summed E-state index contributed by atoms with van der Waals surface area (Å²) in [5.74, 6) is 0.873. The first kappa shape index (κ1) is 22.3. The molecule has 1 N–H and O–H groups in total. The minimum absolute atomic E-state index is 0.0832. The van der Waals surface area contributed by atoms with Gasteiger partial charge in [-0.05, 0) is 49.6 Å². The van der Waals surface area contributed by atoms with E-state index in [2.05, 4.69) is 15.5 Å². The molecular formula is C24H29N5O2S. The Morgan fingerprint density at radius 2 is 1.94 bits per heavy atom. The highest BCUT2D eigenvalue weighted by molar-refractivity contribution is 8.00. The molecule has 8 heteroatoms. The molecule has 1 atom stereocenters.